The van der Waals surface area contributed by atoms with E-state index in [9.17, 15) is 0 Å². The first-order chi connectivity index (χ1) is 10.2. The highest BCUT2D eigenvalue weighted by Gasteiger charge is 2.31. The molecule has 21 heavy (non-hydrogen) atoms. The highest BCUT2D eigenvalue weighted by Crippen LogP contribution is 2.40. The van der Waals surface area contributed by atoms with E-state index in [4.69, 9.17) is 0 Å². The first kappa shape index (κ1) is 12.6. The van der Waals surface area contributed by atoms with E-state index in [1.807, 2.05) is 12.4 Å². The maximum absolute atomic E-state index is 4.60. The number of hydrogen-bond acceptors (Lipinski definition) is 2. The van der Waals surface area contributed by atoms with Crippen molar-refractivity contribution in [2.45, 2.75) is 39.5 Å². The lowest BCUT2D eigenvalue weighted by Crippen LogP contribution is -2.24. The van der Waals surface area contributed by atoms with Gasteiger partial charge >= 0.3 is 0 Å². The van der Waals surface area contributed by atoms with Gasteiger partial charge in [-0.25, -0.2) is 4.98 Å². The molecular formula is C17H20N4. The van der Waals surface area contributed by atoms with Gasteiger partial charge in [0.25, 0.3) is 0 Å². The van der Waals surface area contributed by atoms with Gasteiger partial charge in [-0.05, 0) is 36.8 Å². The van der Waals surface area contributed by atoms with E-state index in [-0.39, 0.29) is 0 Å². The molecule has 0 saturated carbocycles. The van der Waals surface area contributed by atoms with Crippen LogP contribution in [0.15, 0.2) is 30.7 Å². The number of imidazole rings is 1. The van der Waals surface area contributed by atoms with Gasteiger partial charge < -0.3 is 4.40 Å². The van der Waals surface area contributed by atoms with Crippen molar-refractivity contribution in [1.82, 2.24) is 19.6 Å². The van der Waals surface area contributed by atoms with Crippen molar-refractivity contribution in [1.29, 1.82) is 0 Å². The number of hydrogen-bond donors (Lipinski definition) is 1. The summed E-state index contributed by atoms with van der Waals surface area (Å²) >= 11 is 0. The lowest BCUT2D eigenvalue weighted by atomic mass is 9.73. The lowest BCUT2D eigenvalue weighted by molar-refractivity contribution is 0.265. The second-order valence-electron chi connectivity index (χ2n) is 6.48. The zero-order valence-corrected chi connectivity index (χ0v) is 12.6. The molecule has 0 fully saturated rings. The number of nitrogens with one attached hydrogen (secondary N) is 1. The zero-order valence-electron chi connectivity index (χ0n) is 12.6. The van der Waals surface area contributed by atoms with Crippen molar-refractivity contribution < 1.29 is 0 Å². The third kappa shape index (κ3) is 1.97. The van der Waals surface area contributed by atoms with Gasteiger partial charge in [0.2, 0.25) is 0 Å². The molecule has 4 nitrogen and oxygen atoms in total. The third-order valence-corrected chi connectivity index (χ3v) is 5.05. The maximum Gasteiger partial charge on any atom is 0.136 e. The highest BCUT2D eigenvalue weighted by atomic mass is 15.1. The molecule has 4 heteroatoms. The van der Waals surface area contributed by atoms with Crippen molar-refractivity contribution in [2.75, 3.05) is 0 Å². The summed E-state index contributed by atoms with van der Waals surface area (Å²) in [6.45, 7) is 4.67. The van der Waals surface area contributed by atoms with Gasteiger partial charge in [0, 0.05) is 35.4 Å². The van der Waals surface area contributed by atoms with Gasteiger partial charge in [0.15, 0.2) is 0 Å². The summed E-state index contributed by atoms with van der Waals surface area (Å²) in [7, 11) is 0. The first-order valence-electron chi connectivity index (χ1n) is 7.68. The van der Waals surface area contributed by atoms with Crippen LogP contribution in [-0.4, -0.2) is 19.6 Å². The van der Waals surface area contributed by atoms with Crippen LogP contribution in [0, 0.1) is 5.41 Å². The monoisotopic (exact) mass is 280 g/mol. The van der Waals surface area contributed by atoms with E-state index >= 15 is 0 Å². The number of rotatable bonds is 2. The number of nitrogens with zero attached hydrogens (tertiary/aromatic N) is 3. The molecule has 3 aromatic rings. The van der Waals surface area contributed by atoms with Crippen molar-refractivity contribution in [2.24, 2.45) is 5.41 Å². The molecule has 1 aliphatic rings. The summed E-state index contributed by atoms with van der Waals surface area (Å²) in [6, 6.07) is 4.17. The van der Waals surface area contributed by atoms with Crippen molar-refractivity contribution >= 4 is 5.65 Å². The molecule has 1 aliphatic carbocycles. The fourth-order valence-corrected chi connectivity index (χ4v) is 3.36. The molecule has 1 N–H and O–H groups in total. The average molecular weight is 280 g/mol. The van der Waals surface area contributed by atoms with Gasteiger partial charge in [-0.15, -0.1) is 0 Å². The number of pyridine rings is 1. The quantitative estimate of drug-likeness (QED) is 0.779. The summed E-state index contributed by atoms with van der Waals surface area (Å²) < 4.78 is 2.05. The Morgan fingerprint density at radius 3 is 3.14 bits per heavy atom. The Morgan fingerprint density at radius 2 is 2.29 bits per heavy atom. The average Bonchev–Trinajstić information content (AvgIpc) is 3.12. The Kier molecular flexibility index (Phi) is 2.67. The summed E-state index contributed by atoms with van der Waals surface area (Å²) in [5.41, 5.74) is 6.40. The fraction of sp³-hybridized carbons (Fsp3) is 0.412. The van der Waals surface area contributed by atoms with Crippen molar-refractivity contribution in [3.8, 4) is 11.3 Å². The molecule has 4 rings (SSSR count). The van der Waals surface area contributed by atoms with E-state index in [1.54, 1.807) is 0 Å². The summed E-state index contributed by atoms with van der Waals surface area (Å²) in [6.07, 6.45) is 10.6. The van der Waals surface area contributed by atoms with E-state index in [0.717, 1.165) is 29.7 Å². The summed E-state index contributed by atoms with van der Waals surface area (Å²) in [5.74, 6) is 0. The zero-order chi connectivity index (χ0) is 14.4. The van der Waals surface area contributed by atoms with Gasteiger partial charge in [-0.3, -0.25) is 5.10 Å². The molecule has 0 aliphatic heterocycles. The number of aromatic amines is 1. The minimum absolute atomic E-state index is 0.422. The van der Waals surface area contributed by atoms with Crippen LogP contribution in [0.4, 0.5) is 0 Å². The Balaban J connectivity index is 1.77. The van der Waals surface area contributed by atoms with E-state index < -0.39 is 0 Å². The number of fused-ring (bicyclic) bond motifs is 2. The molecule has 1 atom stereocenters. The topological polar surface area (TPSA) is 46.0 Å². The predicted molar refractivity (Wildman–Crippen MR) is 83.2 cm³/mol. The van der Waals surface area contributed by atoms with Crippen LogP contribution in [0.25, 0.3) is 16.9 Å². The van der Waals surface area contributed by atoms with Gasteiger partial charge in [-0.1, -0.05) is 20.3 Å². The minimum atomic E-state index is 0.422. The Bertz CT molecular complexity index is 798. The van der Waals surface area contributed by atoms with Crippen LogP contribution >= 0.6 is 0 Å². The maximum atomic E-state index is 4.60. The molecule has 0 spiro atoms. The van der Waals surface area contributed by atoms with Crippen LogP contribution < -0.4 is 0 Å². The Labute approximate surface area is 124 Å². The normalized spacial score (nSPS) is 21.6. The highest BCUT2D eigenvalue weighted by molar-refractivity contribution is 5.65. The van der Waals surface area contributed by atoms with Crippen LogP contribution in [0.3, 0.4) is 0 Å². The molecule has 0 amide bonds. The smallest absolute Gasteiger partial charge is 0.136 e. The SMILES string of the molecule is CCC1(C)CCc2c(-c3ccc4nccn4c3)n[nH]c2C1. The van der Waals surface area contributed by atoms with Gasteiger partial charge in [0.05, 0.1) is 5.69 Å². The van der Waals surface area contributed by atoms with Crippen molar-refractivity contribution in [3.63, 3.8) is 0 Å². The molecule has 1 unspecified atom stereocenters. The van der Waals surface area contributed by atoms with Crippen molar-refractivity contribution in [3.05, 3.63) is 42.0 Å². The molecule has 3 aromatic heterocycles. The fourth-order valence-electron chi connectivity index (χ4n) is 3.36. The summed E-state index contributed by atoms with van der Waals surface area (Å²) in [4.78, 5) is 4.29. The van der Waals surface area contributed by atoms with Crippen LogP contribution in [0.5, 0.6) is 0 Å². The largest absolute Gasteiger partial charge is 0.306 e. The Hall–Kier alpha value is -2.10. The van der Waals surface area contributed by atoms with E-state index in [2.05, 4.69) is 51.8 Å². The van der Waals surface area contributed by atoms with Crippen LogP contribution in [0.1, 0.15) is 37.9 Å². The number of aromatic nitrogens is 4. The standard InChI is InChI=1S/C17H20N4/c1-3-17(2)7-6-13-14(10-17)19-20-16(13)12-4-5-15-18-8-9-21(15)11-12/h4-5,8-9,11H,3,6-7,10H2,1-2H3,(H,19,20). The van der Waals surface area contributed by atoms with Crippen LogP contribution in [-0.2, 0) is 12.8 Å². The molecular weight excluding hydrogens is 260 g/mol. The third-order valence-electron chi connectivity index (χ3n) is 5.05. The predicted octanol–water partition coefficient (Wildman–Crippen LogP) is 3.63. The second kappa shape index (κ2) is 4.45. The van der Waals surface area contributed by atoms with Gasteiger partial charge in [0.1, 0.15) is 5.65 Å². The van der Waals surface area contributed by atoms with E-state index in [0.29, 0.717) is 5.41 Å². The van der Waals surface area contributed by atoms with Gasteiger partial charge in [-0.2, -0.15) is 5.10 Å². The Morgan fingerprint density at radius 1 is 1.38 bits per heavy atom. The minimum Gasteiger partial charge on any atom is -0.306 e. The molecule has 0 aromatic carbocycles. The molecule has 3 heterocycles. The first-order valence-corrected chi connectivity index (χ1v) is 7.68. The summed E-state index contributed by atoms with van der Waals surface area (Å²) in [5, 5.41) is 7.88. The molecule has 0 saturated heterocycles. The lowest BCUT2D eigenvalue weighted by Gasteiger charge is -2.32. The molecule has 108 valence electrons. The van der Waals surface area contributed by atoms with E-state index in [1.165, 1.54) is 24.1 Å². The molecule has 0 bridgehead atoms. The second-order valence-corrected chi connectivity index (χ2v) is 6.48. The van der Waals surface area contributed by atoms with Crippen LogP contribution in [0.2, 0.25) is 0 Å². The molecule has 0 radical (unpaired) electrons. The number of H-pyrrole nitrogens is 1.